The molecule has 0 amide bonds. The number of anilines is 1. The first-order valence-corrected chi connectivity index (χ1v) is 12.9. The minimum absolute atomic E-state index is 0.250. The summed E-state index contributed by atoms with van der Waals surface area (Å²) in [5.74, 6) is 0.897. The molecule has 1 saturated carbocycles. The van der Waals surface area contributed by atoms with Crippen molar-refractivity contribution in [2.45, 2.75) is 25.5 Å². The molecule has 1 aromatic carbocycles. The summed E-state index contributed by atoms with van der Waals surface area (Å²) in [6.45, 7) is 0. The minimum atomic E-state index is -0.563. The van der Waals surface area contributed by atoms with Gasteiger partial charge in [-0.25, -0.2) is 4.98 Å². The fraction of sp³-hybridized carbons (Fsp3) is 0.185. The number of imidazole rings is 1. The Labute approximate surface area is 214 Å². The summed E-state index contributed by atoms with van der Waals surface area (Å²) in [6, 6.07) is 11.2. The van der Waals surface area contributed by atoms with Gasteiger partial charge in [-0.15, -0.1) is 11.3 Å². The number of aromatic nitrogens is 6. The first kappa shape index (κ1) is 22.1. The van der Waals surface area contributed by atoms with Crippen molar-refractivity contribution >= 4 is 39.0 Å². The SMILES string of the molecule is OC(Nc1cncc(-c2ccc3[nH]nc(-c4nc5c(-c6ccc(F)s6)cncc5[nH]4)c3c2)c1)C1CCC1. The van der Waals surface area contributed by atoms with E-state index in [9.17, 15) is 9.50 Å². The number of hydrogen-bond donors (Lipinski definition) is 4. The van der Waals surface area contributed by atoms with Gasteiger partial charge in [0, 0.05) is 39.7 Å². The summed E-state index contributed by atoms with van der Waals surface area (Å²) < 4.78 is 13.7. The monoisotopic (exact) mass is 511 g/mol. The molecule has 5 heterocycles. The van der Waals surface area contributed by atoms with E-state index in [-0.39, 0.29) is 5.13 Å². The van der Waals surface area contributed by atoms with Crippen molar-refractivity contribution in [3.05, 3.63) is 66.3 Å². The predicted octanol–water partition coefficient (Wildman–Crippen LogP) is 5.96. The van der Waals surface area contributed by atoms with E-state index < -0.39 is 6.23 Å². The molecule has 1 aliphatic rings. The molecule has 0 radical (unpaired) electrons. The highest BCUT2D eigenvalue weighted by Gasteiger charge is 2.25. The third-order valence-corrected chi connectivity index (χ3v) is 7.91. The van der Waals surface area contributed by atoms with Crippen LogP contribution in [0.1, 0.15) is 19.3 Å². The number of aliphatic hydroxyl groups excluding tert-OH is 1. The molecule has 7 rings (SSSR count). The predicted molar refractivity (Wildman–Crippen MR) is 142 cm³/mol. The number of aliphatic hydroxyl groups is 1. The molecule has 10 heteroatoms. The molecule has 1 unspecified atom stereocenters. The molecule has 1 fully saturated rings. The van der Waals surface area contributed by atoms with Crippen LogP contribution in [-0.4, -0.2) is 41.5 Å². The van der Waals surface area contributed by atoms with Gasteiger partial charge >= 0.3 is 0 Å². The second-order valence-corrected chi connectivity index (χ2v) is 10.4. The number of nitrogens with zero attached hydrogens (tertiary/aromatic N) is 4. The largest absolute Gasteiger partial charge is 0.374 e. The fourth-order valence-corrected chi connectivity index (χ4v) is 5.52. The van der Waals surface area contributed by atoms with Crippen LogP contribution >= 0.6 is 11.3 Å². The highest BCUT2D eigenvalue weighted by Crippen LogP contribution is 2.35. The van der Waals surface area contributed by atoms with Gasteiger partial charge in [-0.1, -0.05) is 12.5 Å². The summed E-state index contributed by atoms with van der Waals surface area (Å²) >= 11 is 1.07. The van der Waals surface area contributed by atoms with Gasteiger partial charge < -0.3 is 15.4 Å². The Bertz CT molecular complexity index is 1750. The van der Waals surface area contributed by atoms with Crippen molar-refractivity contribution in [1.82, 2.24) is 30.1 Å². The van der Waals surface area contributed by atoms with E-state index in [4.69, 9.17) is 4.98 Å². The lowest BCUT2D eigenvalue weighted by Crippen LogP contribution is -2.33. The molecule has 0 spiro atoms. The average molecular weight is 512 g/mol. The number of H-pyrrole nitrogens is 2. The summed E-state index contributed by atoms with van der Waals surface area (Å²) in [4.78, 5) is 17.6. The highest BCUT2D eigenvalue weighted by molar-refractivity contribution is 7.14. The lowest BCUT2D eigenvalue weighted by molar-refractivity contribution is 0.0851. The van der Waals surface area contributed by atoms with Crippen LogP contribution in [-0.2, 0) is 0 Å². The number of thiophene rings is 1. The van der Waals surface area contributed by atoms with Crippen molar-refractivity contribution in [1.29, 1.82) is 0 Å². The standard InChI is InChI=1S/C27H22FN7OS/c28-23-7-6-22(37-23)19-12-30-13-21-24(19)33-26(32-21)25-18-9-15(4-5-20(18)34-35-25)16-8-17(11-29-10-16)31-27(36)14-2-1-3-14/h4-14,27,31,36H,1-3H2,(H,32,33)(H,34,35). The Hall–Kier alpha value is -4.15. The van der Waals surface area contributed by atoms with E-state index in [0.717, 1.165) is 67.9 Å². The van der Waals surface area contributed by atoms with E-state index in [1.54, 1.807) is 30.9 Å². The van der Waals surface area contributed by atoms with Gasteiger partial charge in [-0.05, 0) is 48.7 Å². The number of hydrogen-bond acceptors (Lipinski definition) is 7. The maximum absolute atomic E-state index is 13.7. The maximum Gasteiger partial charge on any atom is 0.176 e. The normalized spacial score (nSPS) is 14.8. The molecular weight excluding hydrogens is 489 g/mol. The summed E-state index contributed by atoms with van der Waals surface area (Å²) in [5.41, 5.74) is 6.47. The molecule has 0 saturated heterocycles. The van der Waals surface area contributed by atoms with Crippen LogP contribution in [0.4, 0.5) is 10.1 Å². The van der Waals surface area contributed by atoms with Crippen LogP contribution in [0.5, 0.6) is 0 Å². The lowest BCUT2D eigenvalue weighted by atomic mass is 9.84. The van der Waals surface area contributed by atoms with E-state index >= 15 is 0 Å². The van der Waals surface area contributed by atoms with Crippen LogP contribution in [0.25, 0.3) is 55.0 Å². The van der Waals surface area contributed by atoms with Gasteiger partial charge in [-0.3, -0.25) is 15.1 Å². The smallest absolute Gasteiger partial charge is 0.176 e. The molecule has 8 nitrogen and oxygen atoms in total. The molecule has 0 aliphatic heterocycles. The Morgan fingerprint density at radius 1 is 1.00 bits per heavy atom. The minimum Gasteiger partial charge on any atom is -0.374 e. The van der Waals surface area contributed by atoms with Crippen molar-refractivity contribution in [2.24, 2.45) is 5.92 Å². The second kappa shape index (κ2) is 8.75. The topological polar surface area (TPSA) is 115 Å². The molecule has 1 atom stereocenters. The molecule has 1 aliphatic carbocycles. The quantitative estimate of drug-likeness (QED) is 0.205. The van der Waals surface area contributed by atoms with Crippen LogP contribution in [0.2, 0.25) is 0 Å². The third kappa shape index (κ3) is 3.94. The second-order valence-electron chi connectivity index (χ2n) is 9.35. The highest BCUT2D eigenvalue weighted by atomic mass is 32.1. The Balaban J connectivity index is 1.26. The molecule has 37 heavy (non-hydrogen) atoms. The third-order valence-electron chi connectivity index (χ3n) is 7.00. The van der Waals surface area contributed by atoms with Crippen molar-refractivity contribution in [3.8, 4) is 33.1 Å². The molecular formula is C27H22FN7OS. The number of benzene rings is 1. The van der Waals surface area contributed by atoms with Crippen LogP contribution < -0.4 is 5.32 Å². The average Bonchev–Trinajstić information content (AvgIpc) is 3.60. The molecule has 6 aromatic rings. The number of fused-ring (bicyclic) bond motifs is 2. The molecule has 4 N–H and O–H groups in total. The zero-order chi connectivity index (χ0) is 24.9. The van der Waals surface area contributed by atoms with E-state index in [1.807, 2.05) is 18.2 Å². The van der Waals surface area contributed by atoms with Gasteiger partial charge in [0.15, 0.2) is 11.0 Å². The van der Waals surface area contributed by atoms with Gasteiger partial charge in [0.1, 0.15) is 17.4 Å². The zero-order valence-corrected chi connectivity index (χ0v) is 20.4. The van der Waals surface area contributed by atoms with Crippen molar-refractivity contribution in [3.63, 3.8) is 0 Å². The van der Waals surface area contributed by atoms with Crippen molar-refractivity contribution < 1.29 is 9.50 Å². The lowest BCUT2D eigenvalue weighted by Gasteiger charge is -2.31. The molecule has 5 aromatic heterocycles. The number of pyridine rings is 2. The summed E-state index contributed by atoms with van der Waals surface area (Å²) in [5, 5.41) is 21.9. The van der Waals surface area contributed by atoms with Gasteiger partial charge in [-0.2, -0.15) is 9.49 Å². The Kier molecular flexibility index (Phi) is 5.22. The van der Waals surface area contributed by atoms with Crippen molar-refractivity contribution in [2.75, 3.05) is 5.32 Å². The Morgan fingerprint density at radius 3 is 2.70 bits per heavy atom. The number of rotatable bonds is 6. The fourth-order valence-electron chi connectivity index (χ4n) is 4.78. The number of aromatic amines is 2. The first-order valence-electron chi connectivity index (χ1n) is 12.1. The first-order chi connectivity index (χ1) is 18.1. The summed E-state index contributed by atoms with van der Waals surface area (Å²) in [7, 11) is 0. The van der Waals surface area contributed by atoms with E-state index in [2.05, 4.69) is 36.5 Å². The Morgan fingerprint density at radius 2 is 1.89 bits per heavy atom. The molecule has 184 valence electrons. The zero-order valence-electron chi connectivity index (χ0n) is 19.6. The maximum atomic E-state index is 13.7. The van der Waals surface area contributed by atoms with Crippen LogP contribution in [0, 0.1) is 11.0 Å². The van der Waals surface area contributed by atoms with Crippen LogP contribution in [0.3, 0.4) is 0 Å². The number of halogens is 1. The van der Waals surface area contributed by atoms with E-state index in [0.29, 0.717) is 23.0 Å². The van der Waals surface area contributed by atoms with Gasteiger partial charge in [0.05, 0.1) is 29.1 Å². The molecule has 0 bridgehead atoms. The number of nitrogens with one attached hydrogen (secondary N) is 3. The van der Waals surface area contributed by atoms with Crippen LogP contribution in [0.15, 0.2) is 61.2 Å². The van der Waals surface area contributed by atoms with Gasteiger partial charge in [0.2, 0.25) is 0 Å². The van der Waals surface area contributed by atoms with E-state index in [1.165, 1.54) is 12.5 Å². The van der Waals surface area contributed by atoms with Gasteiger partial charge in [0.25, 0.3) is 0 Å². The summed E-state index contributed by atoms with van der Waals surface area (Å²) in [6.07, 6.45) is 9.65.